The Balaban J connectivity index is 1.71. The molecule has 1 N–H and O–H groups in total. The fourth-order valence-corrected chi connectivity index (χ4v) is 3.47. The first kappa shape index (κ1) is 11.1. The van der Waals surface area contributed by atoms with E-state index < -0.39 is 0 Å². The second-order valence-electron chi connectivity index (χ2n) is 5.27. The molecule has 1 aliphatic rings. The van der Waals surface area contributed by atoms with Crippen LogP contribution in [0.3, 0.4) is 0 Å². The Labute approximate surface area is 107 Å². The first-order valence-electron chi connectivity index (χ1n) is 6.55. The van der Waals surface area contributed by atoms with E-state index in [2.05, 4.69) is 41.9 Å². The van der Waals surface area contributed by atoms with Crippen LogP contribution in [-0.4, -0.2) is 6.04 Å². The van der Waals surface area contributed by atoms with Crippen LogP contribution in [0.15, 0.2) is 29.6 Å². The van der Waals surface area contributed by atoms with Crippen molar-refractivity contribution in [1.82, 2.24) is 0 Å². The smallest absolute Gasteiger partial charge is 0.0349 e. The molecular formula is C15H19NS. The van der Waals surface area contributed by atoms with E-state index in [1.165, 1.54) is 41.5 Å². The summed E-state index contributed by atoms with van der Waals surface area (Å²) >= 11 is 1.81. The van der Waals surface area contributed by atoms with Crippen molar-refractivity contribution < 1.29 is 0 Å². The summed E-state index contributed by atoms with van der Waals surface area (Å²) in [7, 11) is 0. The normalized spacial score (nSPS) is 25.0. The van der Waals surface area contributed by atoms with Crippen LogP contribution in [-0.2, 0) is 0 Å². The van der Waals surface area contributed by atoms with Crippen LogP contribution in [0.4, 0.5) is 5.69 Å². The van der Waals surface area contributed by atoms with Crippen LogP contribution >= 0.6 is 11.3 Å². The van der Waals surface area contributed by atoms with E-state index in [0.717, 1.165) is 5.92 Å². The summed E-state index contributed by atoms with van der Waals surface area (Å²) in [5.41, 5.74) is 1.29. The summed E-state index contributed by atoms with van der Waals surface area (Å²) in [6.07, 6.45) is 5.39. The molecule has 0 radical (unpaired) electrons. The van der Waals surface area contributed by atoms with Crippen molar-refractivity contribution in [3.8, 4) is 0 Å². The molecule has 3 rings (SSSR count). The molecule has 0 spiro atoms. The molecule has 1 saturated carbocycles. The van der Waals surface area contributed by atoms with Gasteiger partial charge in [-0.05, 0) is 66.6 Å². The average molecular weight is 245 g/mol. The van der Waals surface area contributed by atoms with Crippen LogP contribution in [0.25, 0.3) is 10.1 Å². The number of thiophene rings is 1. The lowest BCUT2D eigenvalue weighted by Gasteiger charge is -2.27. The van der Waals surface area contributed by atoms with Gasteiger partial charge in [0, 0.05) is 16.4 Å². The van der Waals surface area contributed by atoms with E-state index in [1.54, 1.807) is 0 Å². The van der Waals surface area contributed by atoms with Crippen LogP contribution in [0, 0.1) is 5.92 Å². The van der Waals surface area contributed by atoms with Crippen molar-refractivity contribution in [2.24, 2.45) is 5.92 Å². The van der Waals surface area contributed by atoms with Crippen molar-refractivity contribution in [2.45, 2.75) is 38.6 Å². The molecule has 1 fully saturated rings. The molecule has 0 saturated heterocycles. The van der Waals surface area contributed by atoms with Crippen molar-refractivity contribution >= 4 is 27.1 Å². The third-order valence-corrected chi connectivity index (χ3v) is 4.74. The highest BCUT2D eigenvalue weighted by Gasteiger charge is 2.17. The molecule has 0 atom stereocenters. The Bertz CT molecular complexity index is 494. The standard InChI is InChI=1S/C15H19NS/c1-11-2-4-13(5-3-11)16-14-6-7-15-12(10-14)8-9-17-15/h6-11,13,16H,2-5H2,1H3. The maximum absolute atomic E-state index is 3.69. The van der Waals surface area contributed by atoms with Crippen LogP contribution in [0.2, 0.25) is 0 Å². The Hall–Kier alpha value is -1.02. The fourth-order valence-electron chi connectivity index (χ4n) is 2.70. The SMILES string of the molecule is CC1CCC(Nc2ccc3sccc3c2)CC1. The Morgan fingerprint density at radius 3 is 2.76 bits per heavy atom. The van der Waals surface area contributed by atoms with Gasteiger partial charge in [0.05, 0.1) is 0 Å². The number of rotatable bonds is 2. The van der Waals surface area contributed by atoms with Gasteiger partial charge < -0.3 is 5.32 Å². The third kappa shape index (κ3) is 2.47. The zero-order valence-corrected chi connectivity index (χ0v) is 11.1. The largest absolute Gasteiger partial charge is 0.382 e. The van der Waals surface area contributed by atoms with Crippen LogP contribution in [0.1, 0.15) is 32.6 Å². The predicted molar refractivity (Wildman–Crippen MR) is 76.9 cm³/mol. The Kier molecular flexibility index (Phi) is 3.06. The molecule has 0 bridgehead atoms. The number of anilines is 1. The fraction of sp³-hybridized carbons (Fsp3) is 0.467. The lowest BCUT2D eigenvalue weighted by Crippen LogP contribution is -2.25. The lowest BCUT2D eigenvalue weighted by atomic mass is 9.87. The molecule has 1 nitrogen and oxygen atoms in total. The summed E-state index contributed by atoms with van der Waals surface area (Å²) in [6.45, 7) is 2.37. The first-order valence-corrected chi connectivity index (χ1v) is 7.43. The number of hydrogen-bond acceptors (Lipinski definition) is 2. The topological polar surface area (TPSA) is 12.0 Å². The van der Waals surface area contributed by atoms with Gasteiger partial charge in [-0.2, -0.15) is 0 Å². The summed E-state index contributed by atoms with van der Waals surface area (Å²) in [6, 6.07) is 9.62. The quantitative estimate of drug-likeness (QED) is 0.794. The van der Waals surface area contributed by atoms with Gasteiger partial charge in [-0.1, -0.05) is 6.92 Å². The highest BCUT2D eigenvalue weighted by Crippen LogP contribution is 2.28. The van der Waals surface area contributed by atoms with Gasteiger partial charge in [-0.15, -0.1) is 11.3 Å². The molecule has 0 unspecified atom stereocenters. The summed E-state index contributed by atoms with van der Waals surface area (Å²) in [5.74, 6) is 0.924. The minimum Gasteiger partial charge on any atom is -0.382 e. The highest BCUT2D eigenvalue weighted by atomic mass is 32.1. The Morgan fingerprint density at radius 2 is 1.94 bits per heavy atom. The average Bonchev–Trinajstić information content (AvgIpc) is 2.79. The molecule has 1 aromatic heterocycles. The van der Waals surface area contributed by atoms with Gasteiger partial charge in [0.1, 0.15) is 0 Å². The minimum absolute atomic E-state index is 0.683. The van der Waals surface area contributed by atoms with Crippen LogP contribution in [0.5, 0.6) is 0 Å². The van der Waals surface area contributed by atoms with E-state index in [-0.39, 0.29) is 0 Å². The molecule has 17 heavy (non-hydrogen) atoms. The third-order valence-electron chi connectivity index (χ3n) is 3.84. The number of benzene rings is 1. The lowest BCUT2D eigenvalue weighted by molar-refractivity contribution is 0.361. The molecule has 1 aliphatic carbocycles. The van der Waals surface area contributed by atoms with E-state index in [0.29, 0.717) is 6.04 Å². The highest BCUT2D eigenvalue weighted by molar-refractivity contribution is 7.17. The molecular weight excluding hydrogens is 226 g/mol. The predicted octanol–water partition coefficient (Wildman–Crippen LogP) is 4.89. The van der Waals surface area contributed by atoms with Gasteiger partial charge in [0.15, 0.2) is 0 Å². The van der Waals surface area contributed by atoms with Crippen molar-refractivity contribution in [2.75, 3.05) is 5.32 Å². The van der Waals surface area contributed by atoms with Gasteiger partial charge >= 0.3 is 0 Å². The monoisotopic (exact) mass is 245 g/mol. The number of nitrogens with one attached hydrogen (secondary N) is 1. The van der Waals surface area contributed by atoms with E-state index in [9.17, 15) is 0 Å². The molecule has 90 valence electrons. The van der Waals surface area contributed by atoms with Gasteiger partial charge in [0.2, 0.25) is 0 Å². The zero-order chi connectivity index (χ0) is 11.7. The maximum atomic E-state index is 3.69. The second-order valence-corrected chi connectivity index (χ2v) is 6.22. The van der Waals surface area contributed by atoms with Crippen molar-refractivity contribution in [3.05, 3.63) is 29.6 Å². The van der Waals surface area contributed by atoms with E-state index >= 15 is 0 Å². The molecule has 1 aromatic carbocycles. The summed E-state index contributed by atoms with van der Waals surface area (Å²) in [4.78, 5) is 0. The Morgan fingerprint density at radius 1 is 1.12 bits per heavy atom. The molecule has 2 aromatic rings. The van der Waals surface area contributed by atoms with Crippen LogP contribution < -0.4 is 5.32 Å². The maximum Gasteiger partial charge on any atom is 0.0349 e. The second kappa shape index (κ2) is 4.69. The molecule has 2 heteroatoms. The molecule has 0 amide bonds. The first-order chi connectivity index (χ1) is 8.31. The molecule has 0 aliphatic heterocycles. The van der Waals surface area contributed by atoms with E-state index in [1.807, 2.05) is 11.3 Å². The van der Waals surface area contributed by atoms with Gasteiger partial charge in [-0.25, -0.2) is 0 Å². The zero-order valence-electron chi connectivity index (χ0n) is 10.3. The van der Waals surface area contributed by atoms with Gasteiger partial charge in [0.25, 0.3) is 0 Å². The number of fused-ring (bicyclic) bond motifs is 1. The molecule has 1 heterocycles. The summed E-state index contributed by atoms with van der Waals surface area (Å²) in [5, 5.41) is 7.22. The summed E-state index contributed by atoms with van der Waals surface area (Å²) < 4.78 is 1.38. The minimum atomic E-state index is 0.683. The number of hydrogen-bond donors (Lipinski definition) is 1. The van der Waals surface area contributed by atoms with Gasteiger partial charge in [-0.3, -0.25) is 0 Å². The van der Waals surface area contributed by atoms with Crippen molar-refractivity contribution in [3.63, 3.8) is 0 Å². The van der Waals surface area contributed by atoms with Crippen molar-refractivity contribution in [1.29, 1.82) is 0 Å². The van der Waals surface area contributed by atoms with E-state index in [4.69, 9.17) is 0 Å².